The number of rotatable bonds is 2. The van der Waals surface area contributed by atoms with Gasteiger partial charge in [-0.3, -0.25) is 0 Å². The van der Waals surface area contributed by atoms with Crippen molar-refractivity contribution >= 4 is 33.6 Å². The summed E-state index contributed by atoms with van der Waals surface area (Å²) in [5.74, 6) is 0. The van der Waals surface area contributed by atoms with Crippen LogP contribution in [0.4, 0.5) is 0 Å². The molecule has 0 bridgehead atoms. The molecule has 0 heterocycles. The third-order valence-corrected chi connectivity index (χ3v) is 2.45. The van der Waals surface area contributed by atoms with Crippen LogP contribution < -0.4 is 0 Å². The molecule has 1 N–H and O–H groups in total. The smallest absolute Gasteiger partial charge is 0.0642 e. The summed E-state index contributed by atoms with van der Waals surface area (Å²) in [5.41, 5.74) is 1.81. The molecule has 0 atom stereocenters. The first-order valence-electron chi connectivity index (χ1n) is 3.86. The lowest BCUT2D eigenvalue weighted by molar-refractivity contribution is 0.332. The molecule has 3 heteroatoms. The van der Waals surface area contributed by atoms with Gasteiger partial charge in [-0.15, -0.1) is 0 Å². The summed E-state index contributed by atoms with van der Waals surface area (Å²) in [5, 5.41) is 9.52. The molecule has 1 aromatic carbocycles. The monoisotopic (exact) mass is 260 g/mol. The Balaban J connectivity index is 3.07. The topological polar surface area (TPSA) is 20.2 Å². The average molecular weight is 262 g/mol. The second-order valence-corrected chi connectivity index (χ2v) is 4.14. The van der Waals surface area contributed by atoms with Gasteiger partial charge in [0, 0.05) is 9.50 Å². The minimum Gasteiger partial charge on any atom is -0.392 e. The quantitative estimate of drug-likeness (QED) is 0.864. The predicted octanol–water partition coefficient (Wildman–Crippen LogP) is 3.50. The molecule has 0 saturated heterocycles. The Morgan fingerprint density at radius 3 is 2.92 bits per heavy atom. The largest absolute Gasteiger partial charge is 0.392 e. The van der Waals surface area contributed by atoms with Crippen LogP contribution in [0, 0.1) is 0 Å². The molecule has 0 spiro atoms. The minimum absolute atomic E-state index is 0.0584. The number of aliphatic hydroxyl groups excluding tert-OH is 1. The summed E-state index contributed by atoms with van der Waals surface area (Å²) >= 11 is 9.31. The molecule has 13 heavy (non-hydrogen) atoms. The molecule has 1 nitrogen and oxygen atoms in total. The van der Waals surface area contributed by atoms with Gasteiger partial charge in [-0.2, -0.15) is 0 Å². The Kier molecular flexibility index (Phi) is 3.97. The average Bonchev–Trinajstić information content (AvgIpc) is 2.11. The molecule has 0 fully saturated rings. The number of halogens is 2. The van der Waals surface area contributed by atoms with Crippen molar-refractivity contribution in [3.8, 4) is 0 Å². The van der Waals surface area contributed by atoms with Crippen molar-refractivity contribution in [1.82, 2.24) is 0 Å². The third kappa shape index (κ3) is 3.14. The van der Waals surface area contributed by atoms with Gasteiger partial charge in [0.05, 0.1) is 6.61 Å². The molecule has 0 aromatic heterocycles. The summed E-state index contributed by atoms with van der Waals surface area (Å²) in [6, 6.07) is 5.62. The van der Waals surface area contributed by atoms with E-state index in [0.717, 1.165) is 15.6 Å². The fourth-order valence-corrected chi connectivity index (χ4v) is 1.49. The molecule has 1 aromatic rings. The van der Waals surface area contributed by atoms with Gasteiger partial charge in [-0.05, 0) is 36.3 Å². The Bertz CT molecular complexity index is 334. The van der Waals surface area contributed by atoms with E-state index in [0.29, 0.717) is 5.02 Å². The highest BCUT2D eigenvalue weighted by Gasteiger charge is 1.98. The van der Waals surface area contributed by atoms with Gasteiger partial charge in [0.15, 0.2) is 0 Å². The zero-order valence-electron chi connectivity index (χ0n) is 7.22. The molecule has 0 radical (unpaired) electrons. The molecule has 0 saturated carbocycles. The van der Waals surface area contributed by atoms with E-state index in [4.69, 9.17) is 16.7 Å². The summed E-state index contributed by atoms with van der Waals surface area (Å²) in [4.78, 5) is 0. The van der Waals surface area contributed by atoms with Gasteiger partial charge in [-0.25, -0.2) is 0 Å². The van der Waals surface area contributed by atoms with Crippen molar-refractivity contribution in [2.45, 2.75) is 6.92 Å². The summed E-state index contributed by atoms with van der Waals surface area (Å²) in [6.45, 7) is 1.92. The highest BCUT2D eigenvalue weighted by atomic mass is 79.9. The zero-order valence-corrected chi connectivity index (χ0v) is 9.56. The second-order valence-electron chi connectivity index (χ2n) is 2.81. The van der Waals surface area contributed by atoms with E-state index < -0.39 is 0 Å². The van der Waals surface area contributed by atoms with Crippen molar-refractivity contribution in [3.05, 3.63) is 38.8 Å². The lowest BCUT2D eigenvalue weighted by Gasteiger charge is -2.00. The molecule has 0 amide bonds. The van der Waals surface area contributed by atoms with Gasteiger partial charge < -0.3 is 5.11 Å². The first kappa shape index (κ1) is 10.8. The van der Waals surface area contributed by atoms with E-state index in [9.17, 15) is 0 Å². The molecule has 1 rings (SSSR count). The van der Waals surface area contributed by atoms with Crippen LogP contribution in [0.1, 0.15) is 12.5 Å². The minimum atomic E-state index is 0.0584. The lowest BCUT2D eigenvalue weighted by atomic mass is 10.1. The van der Waals surface area contributed by atoms with Gasteiger partial charge in [0.25, 0.3) is 0 Å². The third-order valence-electron chi connectivity index (χ3n) is 1.61. The van der Waals surface area contributed by atoms with Crippen LogP contribution in [-0.4, -0.2) is 11.7 Å². The molecule has 0 aliphatic heterocycles. The highest BCUT2D eigenvalue weighted by Crippen LogP contribution is 2.22. The fraction of sp³-hybridized carbons (Fsp3) is 0.200. The standard InChI is InChI=1S/C10H10BrClO/c1-7(6-13)4-8-5-9(11)2-3-10(8)12/h2-5,13H,6H2,1H3/b7-4-. The van der Waals surface area contributed by atoms with E-state index in [2.05, 4.69) is 15.9 Å². The van der Waals surface area contributed by atoms with E-state index in [1.807, 2.05) is 31.2 Å². The van der Waals surface area contributed by atoms with Crippen molar-refractivity contribution in [2.24, 2.45) is 0 Å². The zero-order chi connectivity index (χ0) is 9.84. The van der Waals surface area contributed by atoms with Crippen LogP contribution in [0.3, 0.4) is 0 Å². The molecular formula is C10H10BrClO. The van der Waals surface area contributed by atoms with Gasteiger partial charge in [-0.1, -0.05) is 33.6 Å². The summed E-state index contributed by atoms with van der Waals surface area (Å²) in [7, 11) is 0. The van der Waals surface area contributed by atoms with Gasteiger partial charge in [0.2, 0.25) is 0 Å². The van der Waals surface area contributed by atoms with Crippen LogP contribution in [0.25, 0.3) is 6.08 Å². The molecule has 70 valence electrons. The number of hydrogen-bond donors (Lipinski definition) is 1. The fourth-order valence-electron chi connectivity index (χ4n) is 0.936. The van der Waals surface area contributed by atoms with Crippen LogP contribution in [0.15, 0.2) is 28.2 Å². The van der Waals surface area contributed by atoms with Crippen LogP contribution in [-0.2, 0) is 0 Å². The number of aliphatic hydroxyl groups is 1. The Hall–Kier alpha value is -0.310. The van der Waals surface area contributed by atoms with E-state index >= 15 is 0 Å². The maximum Gasteiger partial charge on any atom is 0.0642 e. The Labute approximate surface area is 91.2 Å². The molecular weight excluding hydrogens is 251 g/mol. The molecule has 0 aliphatic rings. The van der Waals surface area contributed by atoms with Crippen LogP contribution in [0.5, 0.6) is 0 Å². The number of hydrogen-bond acceptors (Lipinski definition) is 1. The summed E-state index contributed by atoms with van der Waals surface area (Å²) < 4.78 is 0.980. The Morgan fingerprint density at radius 2 is 2.31 bits per heavy atom. The van der Waals surface area contributed by atoms with Crippen molar-refractivity contribution in [1.29, 1.82) is 0 Å². The first-order chi connectivity index (χ1) is 6.13. The van der Waals surface area contributed by atoms with Gasteiger partial charge >= 0.3 is 0 Å². The van der Waals surface area contributed by atoms with Gasteiger partial charge in [0.1, 0.15) is 0 Å². The molecule has 0 unspecified atom stereocenters. The van der Waals surface area contributed by atoms with Crippen molar-refractivity contribution < 1.29 is 5.11 Å². The first-order valence-corrected chi connectivity index (χ1v) is 5.03. The Morgan fingerprint density at radius 1 is 1.62 bits per heavy atom. The predicted molar refractivity (Wildman–Crippen MR) is 59.9 cm³/mol. The maximum atomic E-state index is 8.83. The second kappa shape index (κ2) is 4.80. The number of benzene rings is 1. The van der Waals surface area contributed by atoms with E-state index in [-0.39, 0.29) is 6.61 Å². The van der Waals surface area contributed by atoms with E-state index in [1.54, 1.807) is 0 Å². The SMILES string of the molecule is C/C(=C/c1cc(Br)ccc1Cl)CO. The van der Waals surface area contributed by atoms with Crippen LogP contribution in [0.2, 0.25) is 5.02 Å². The maximum absolute atomic E-state index is 8.83. The summed E-state index contributed by atoms with van der Waals surface area (Å²) in [6.07, 6.45) is 1.87. The van der Waals surface area contributed by atoms with Crippen molar-refractivity contribution in [3.63, 3.8) is 0 Å². The van der Waals surface area contributed by atoms with E-state index in [1.165, 1.54) is 0 Å². The normalized spacial score (nSPS) is 11.8. The lowest BCUT2D eigenvalue weighted by Crippen LogP contribution is -1.84. The van der Waals surface area contributed by atoms with Crippen LogP contribution >= 0.6 is 27.5 Å². The van der Waals surface area contributed by atoms with Crippen molar-refractivity contribution in [2.75, 3.05) is 6.61 Å². The molecule has 0 aliphatic carbocycles. The highest BCUT2D eigenvalue weighted by molar-refractivity contribution is 9.10.